The Hall–Kier alpha value is 0.280. The first-order chi connectivity index (χ1) is 6.24. The number of hydrogen-bond donors (Lipinski definition) is 1. The molecule has 0 aliphatic carbocycles. The van der Waals surface area contributed by atoms with Gasteiger partial charge in [-0.05, 0) is 37.8 Å². The molecule has 2 unspecified atom stereocenters. The first kappa shape index (κ1) is 11.4. The Kier molecular flexibility index (Phi) is 5.15. The molecule has 0 radical (unpaired) electrons. The van der Waals surface area contributed by atoms with Gasteiger partial charge in [-0.2, -0.15) is 0 Å². The van der Waals surface area contributed by atoms with Gasteiger partial charge in [0.25, 0.3) is 0 Å². The molecule has 0 saturated carbocycles. The summed E-state index contributed by atoms with van der Waals surface area (Å²) >= 11 is 11.2. The normalized spacial score (nSPS) is 28.5. The van der Waals surface area contributed by atoms with Crippen molar-refractivity contribution in [1.82, 2.24) is 5.32 Å². The summed E-state index contributed by atoms with van der Waals surface area (Å²) in [5.74, 6) is 1.55. The Morgan fingerprint density at radius 2 is 2.23 bits per heavy atom. The van der Waals surface area contributed by atoms with Gasteiger partial charge in [0.05, 0.1) is 0 Å². The molecule has 0 aromatic rings. The molecule has 1 nitrogen and oxygen atoms in total. The average molecular weight is 222 g/mol. The van der Waals surface area contributed by atoms with Gasteiger partial charge in [-0.1, -0.05) is 42.6 Å². The molecule has 1 aliphatic heterocycles. The van der Waals surface area contributed by atoms with Crippen molar-refractivity contribution in [2.45, 2.75) is 26.2 Å². The van der Waals surface area contributed by atoms with Crippen molar-refractivity contribution in [3.8, 4) is 0 Å². The summed E-state index contributed by atoms with van der Waals surface area (Å²) < 4.78 is 0.411. The monoisotopic (exact) mass is 221 g/mol. The third kappa shape index (κ3) is 3.88. The van der Waals surface area contributed by atoms with Gasteiger partial charge < -0.3 is 5.32 Å². The van der Waals surface area contributed by atoms with Gasteiger partial charge in [-0.3, -0.25) is 0 Å². The first-order valence-corrected chi connectivity index (χ1v) is 5.71. The SMILES string of the molecule is CCC1CNCCC1CC=C(Cl)Cl. The minimum atomic E-state index is 0.411. The molecule has 1 N–H and O–H groups in total. The summed E-state index contributed by atoms with van der Waals surface area (Å²) in [6.45, 7) is 4.53. The molecule has 1 saturated heterocycles. The van der Waals surface area contributed by atoms with Gasteiger partial charge >= 0.3 is 0 Å². The molecule has 1 fully saturated rings. The fraction of sp³-hybridized carbons (Fsp3) is 0.800. The van der Waals surface area contributed by atoms with Crippen molar-refractivity contribution in [1.29, 1.82) is 0 Å². The standard InChI is InChI=1S/C10H17Cl2N/c1-2-8-7-13-6-5-9(8)3-4-10(11)12/h4,8-9,13H,2-3,5-7H2,1H3. The second-order valence-corrected chi connectivity index (χ2v) is 4.66. The number of halogens is 2. The molecule has 0 aromatic carbocycles. The van der Waals surface area contributed by atoms with Crippen LogP contribution in [0.1, 0.15) is 26.2 Å². The molecule has 76 valence electrons. The predicted octanol–water partition coefficient (Wildman–Crippen LogP) is 3.33. The van der Waals surface area contributed by atoms with Gasteiger partial charge in [-0.25, -0.2) is 0 Å². The van der Waals surface area contributed by atoms with Crippen molar-refractivity contribution in [2.75, 3.05) is 13.1 Å². The van der Waals surface area contributed by atoms with Crippen LogP contribution in [0.5, 0.6) is 0 Å². The lowest BCUT2D eigenvalue weighted by molar-refractivity contribution is 0.249. The van der Waals surface area contributed by atoms with Crippen molar-refractivity contribution in [3.63, 3.8) is 0 Å². The van der Waals surface area contributed by atoms with E-state index < -0.39 is 0 Å². The van der Waals surface area contributed by atoms with Crippen LogP contribution in [-0.4, -0.2) is 13.1 Å². The van der Waals surface area contributed by atoms with Gasteiger partial charge in [0.15, 0.2) is 0 Å². The van der Waals surface area contributed by atoms with Crippen LogP contribution in [0.15, 0.2) is 10.6 Å². The molecular formula is C10H17Cl2N. The minimum Gasteiger partial charge on any atom is -0.316 e. The summed E-state index contributed by atoms with van der Waals surface area (Å²) in [6, 6.07) is 0. The molecule has 1 aliphatic rings. The summed E-state index contributed by atoms with van der Waals surface area (Å²) in [4.78, 5) is 0. The highest BCUT2D eigenvalue weighted by Crippen LogP contribution is 2.26. The van der Waals surface area contributed by atoms with E-state index in [2.05, 4.69) is 12.2 Å². The van der Waals surface area contributed by atoms with Crippen LogP contribution in [-0.2, 0) is 0 Å². The zero-order valence-electron chi connectivity index (χ0n) is 8.02. The molecule has 1 heterocycles. The second kappa shape index (κ2) is 5.90. The highest BCUT2D eigenvalue weighted by atomic mass is 35.5. The number of piperidine rings is 1. The summed E-state index contributed by atoms with van der Waals surface area (Å²) in [5, 5.41) is 3.42. The topological polar surface area (TPSA) is 12.0 Å². The van der Waals surface area contributed by atoms with Gasteiger partial charge in [0.1, 0.15) is 4.49 Å². The minimum absolute atomic E-state index is 0.411. The number of rotatable bonds is 3. The van der Waals surface area contributed by atoms with Crippen LogP contribution in [0.25, 0.3) is 0 Å². The van der Waals surface area contributed by atoms with Crippen molar-refractivity contribution < 1.29 is 0 Å². The highest BCUT2D eigenvalue weighted by Gasteiger charge is 2.22. The van der Waals surface area contributed by atoms with E-state index in [0.717, 1.165) is 31.3 Å². The van der Waals surface area contributed by atoms with Crippen LogP contribution in [0, 0.1) is 11.8 Å². The van der Waals surface area contributed by atoms with E-state index in [1.807, 2.05) is 6.08 Å². The van der Waals surface area contributed by atoms with Gasteiger partial charge in [0.2, 0.25) is 0 Å². The van der Waals surface area contributed by atoms with E-state index in [1.54, 1.807) is 0 Å². The second-order valence-electron chi connectivity index (χ2n) is 3.65. The Morgan fingerprint density at radius 3 is 2.85 bits per heavy atom. The van der Waals surface area contributed by atoms with E-state index in [-0.39, 0.29) is 0 Å². The lowest BCUT2D eigenvalue weighted by atomic mass is 9.82. The fourth-order valence-corrected chi connectivity index (χ4v) is 2.18. The van der Waals surface area contributed by atoms with Crippen LogP contribution in [0.3, 0.4) is 0 Å². The van der Waals surface area contributed by atoms with Crippen molar-refractivity contribution in [2.24, 2.45) is 11.8 Å². The maximum atomic E-state index is 5.60. The van der Waals surface area contributed by atoms with E-state index in [1.165, 1.54) is 12.8 Å². The molecule has 0 spiro atoms. The molecule has 0 aromatic heterocycles. The maximum absolute atomic E-state index is 5.60. The number of nitrogens with one attached hydrogen (secondary N) is 1. The molecule has 3 heteroatoms. The molecule has 2 atom stereocenters. The summed E-state index contributed by atoms with van der Waals surface area (Å²) in [5.41, 5.74) is 0. The molecular weight excluding hydrogens is 205 g/mol. The maximum Gasteiger partial charge on any atom is 0.102 e. The van der Waals surface area contributed by atoms with E-state index in [9.17, 15) is 0 Å². The van der Waals surface area contributed by atoms with E-state index in [4.69, 9.17) is 23.2 Å². The zero-order valence-corrected chi connectivity index (χ0v) is 9.54. The Balaban J connectivity index is 2.40. The van der Waals surface area contributed by atoms with Crippen LogP contribution in [0.4, 0.5) is 0 Å². The van der Waals surface area contributed by atoms with Gasteiger partial charge in [-0.15, -0.1) is 0 Å². The van der Waals surface area contributed by atoms with Crippen LogP contribution < -0.4 is 5.32 Å². The zero-order chi connectivity index (χ0) is 9.68. The highest BCUT2D eigenvalue weighted by molar-refractivity contribution is 6.55. The third-order valence-corrected chi connectivity index (χ3v) is 3.17. The first-order valence-electron chi connectivity index (χ1n) is 4.96. The van der Waals surface area contributed by atoms with Crippen molar-refractivity contribution in [3.05, 3.63) is 10.6 Å². The lowest BCUT2D eigenvalue weighted by Gasteiger charge is -2.30. The van der Waals surface area contributed by atoms with Crippen molar-refractivity contribution >= 4 is 23.2 Å². The molecule has 0 amide bonds. The number of hydrogen-bond acceptors (Lipinski definition) is 1. The Morgan fingerprint density at radius 1 is 1.46 bits per heavy atom. The average Bonchev–Trinajstić information content (AvgIpc) is 2.15. The van der Waals surface area contributed by atoms with Crippen LogP contribution >= 0.6 is 23.2 Å². The van der Waals surface area contributed by atoms with E-state index >= 15 is 0 Å². The quantitative estimate of drug-likeness (QED) is 0.772. The Labute approximate surface area is 90.5 Å². The third-order valence-electron chi connectivity index (χ3n) is 2.86. The molecule has 0 bridgehead atoms. The number of allylic oxidation sites excluding steroid dienone is 1. The lowest BCUT2D eigenvalue weighted by Crippen LogP contribution is -2.36. The van der Waals surface area contributed by atoms with E-state index in [0.29, 0.717) is 4.49 Å². The summed E-state index contributed by atoms with van der Waals surface area (Å²) in [6.07, 6.45) is 5.45. The molecule has 1 rings (SSSR count). The van der Waals surface area contributed by atoms with Crippen LogP contribution in [0.2, 0.25) is 0 Å². The largest absolute Gasteiger partial charge is 0.316 e. The Bertz CT molecular complexity index is 176. The fourth-order valence-electron chi connectivity index (χ4n) is 2.01. The smallest absolute Gasteiger partial charge is 0.102 e. The summed E-state index contributed by atoms with van der Waals surface area (Å²) in [7, 11) is 0. The van der Waals surface area contributed by atoms with Gasteiger partial charge in [0, 0.05) is 0 Å². The predicted molar refractivity (Wildman–Crippen MR) is 59.2 cm³/mol. The molecule has 13 heavy (non-hydrogen) atoms.